The molecule has 0 aromatic carbocycles. The third-order valence-corrected chi connectivity index (χ3v) is 0.951. The van der Waals surface area contributed by atoms with E-state index in [1.165, 1.54) is 7.05 Å². The molecule has 0 spiro atoms. The van der Waals surface area contributed by atoms with Gasteiger partial charge in [0.2, 0.25) is 0 Å². The van der Waals surface area contributed by atoms with E-state index in [1.54, 1.807) is 0 Å². The normalized spacial score (nSPS) is 10.7. The van der Waals surface area contributed by atoms with Crippen molar-refractivity contribution in [3.63, 3.8) is 0 Å². The highest BCUT2D eigenvalue weighted by Crippen LogP contribution is 2.18. The van der Waals surface area contributed by atoms with Gasteiger partial charge < -0.3 is 4.90 Å². The molecular formula is C6H8F3N. The van der Waals surface area contributed by atoms with Crippen molar-refractivity contribution >= 4 is 0 Å². The molecule has 0 rings (SSSR count). The Hall–Kier alpha value is -0.850. The third kappa shape index (κ3) is 5.29. The van der Waals surface area contributed by atoms with Gasteiger partial charge in [-0.25, -0.2) is 0 Å². The number of halogens is 3. The van der Waals surface area contributed by atoms with E-state index in [2.05, 4.69) is 6.04 Å². The van der Waals surface area contributed by atoms with Crippen molar-refractivity contribution in [3.05, 3.63) is 0 Å². The van der Waals surface area contributed by atoms with Gasteiger partial charge in [0.15, 0.2) is 0 Å². The van der Waals surface area contributed by atoms with Gasteiger partial charge >= 0.3 is 6.18 Å². The van der Waals surface area contributed by atoms with Gasteiger partial charge in [-0.2, -0.15) is 13.2 Å². The maximum absolute atomic E-state index is 11.5. The van der Waals surface area contributed by atoms with Gasteiger partial charge in [0, 0.05) is 19.6 Å². The van der Waals surface area contributed by atoms with Crippen LogP contribution >= 0.6 is 0 Å². The topological polar surface area (TPSA) is 3.24 Å². The van der Waals surface area contributed by atoms with Crippen LogP contribution in [-0.4, -0.2) is 24.7 Å². The maximum atomic E-state index is 11.5. The fourth-order valence-electron chi connectivity index (χ4n) is 0.359. The molecule has 58 valence electrons. The van der Waals surface area contributed by atoms with Crippen LogP contribution in [0.5, 0.6) is 0 Å². The Morgan fingerprint density at radius 3 is 2.30 bits per heavy atom. The van der Waals surface area contributed by atoms with Crippen LogP contribution in [0.25, 0.3) is 0 Å². The molecule has 0 aromatic heterocycles. The van der Waals surface area contributed by atoms with E-state index in [1.807, 2.05) is 0 Å². The minimum Gasteiger partial charge on any atom is -0.336 e. The molecule has 0 saturated carbocycles. The van der Waals surface area contributed by atoms with E-state index in [4.69, 9.17) is 6.42 Å². The fourth-order valence-corrected chi connectivity index (χ4v) is 0.359. The molecule has 0 saturated heterocycles. The van der Waals surface area contributed by atoms with Crippen molar-refractivity contribution in [2.24, 2.45) is 0 Å². The third-order valence-electron chi connectivity index (χ3n) is 0.951. The summed E-state index contributed by atoms with van der Waals surface area (Å²) >= 11 is 0. The van der Waals surface area contributed by atoms with Crippen molar-refractivity contribution in [1.82, 2.24) is 4.90 Å². The molecule has 0 aromatic rings. The quantitative estimate of drug-likeness (QED) is 0.426. The summed E-state index contributed by atoms with van der Waals surface area (Å²) < 4.78 is 34.4. The van der Waals surface area contributed by atoms with Crippen LogP contribution in [0.2, 0.25) is 0 Å². The zero-order valence-corrected chi connectivity index (χ0v) is 5.57. The second-order valence-electron chi connectivity index (χ2n) is 1.92. The van der Waals surface area contributed by atoms with Gasteiger partial charge in [0.25, 0.3) is 0 Å². The zero-order valence-electron chi connectivity index (χ0n) is 5.57. The average molecular weight is 151 g/mol. The lowest BCUT2D eigenvalue weighted by Gasteiger charge is -2.11. The zero-order chi connectivity index (χ0) is 8.20. The van der Waals surface area contributed by atoms with E-state index in [-0.39, 0.29) is 6.54 Å². The van der Waals surface area contributed by atoms with E-state index >= 15 is 0 Å². The first-order chi connectivity index (χ1) is 4.45. The average Bonchev–Trinajstić information content (AvgIpc) is 1.81. The lowest BCUT2D eigenvalue weighted by molar-refractivity contribution is -0.135. The predicted octanol–water partition coefficient (Wildman–Crippen LogP) is 1.46. The SMILES string of the molecule is C#CN(C)CCC(F)(F)F. The summed E-state index contributed by atoms with van der Waals surface area (Å²) in [6.07, 6.45) is -0.150. The summed E-state index contributed by atoms with van der Waals surface area (Å²) in [5, 5.41) is 0. The molecule has 10 heavy (non-hydrogen) atoms. The van der Waals surface area contributed by atoms with E-state index in [0.717, 1.165) is 4.90 Å². The van der Waals surface area contributed by atoms with E-state index in [0.29, 0.717) is 0 Å². The lowest BCUT2D eigenvalue weighted by Crippen LogP contribution is -2.20. The summed E-state index contributed by atoms with van der Waals surface area (Å²) in [4.78, 5) is 1.16. The summed E-state index contributed by atoms with van der Waals surface area (Å²) in [7, 11) is 1.44. The monoisotopic (exact) mass is 151 g/mol. The van der Waals surface area contributed by atoms with Crippen molar-refractivity contribution in [3.8, 4) is 12.5 Å². The molecule has 0 unspecified atom stereocenters. The second-order valence-corrected chi connectivity index (χ2v) is 1.92. The minimum atomic E-state index is -4.11. The van der Waals surface area contributed by atoms with Crippen molar-refractivity contribution < 1.29 is 13.2 Å². The van der Waals surface area contributed by atoms with Crippen molar-refractivity contribution in [2.75, 3.05) is 13.6 Å². The van der Waals surface area contributed by atoms with E-state index in [9.17, 15) is 13.2 Å². The van der Waals surface area contributed by atoms with Gasteiger partial charge in [-0.15, -0.1) is 0 Å². The first-order valence-electron chi connectivity index (χ1n) is 2.70. The van der Waals surface area contributed by atoms with Crippen LogP contribution < -0.4 is 0 Å². The van der Waals surface area contributed by atoms with Gasteiger partial charge in [-0.05, 0) is 0 Å². The Morgan fingerprint density at radius 1 is 1.50 bits per heavy atom. The summed E-state index contributed by atoms with van der Waals surface area (Å²) in [5.41, 5.74) is 0. The fraction of sp³-hybridized carbons (Fsp3) is 0.667. The summed E-state index contributed by atoms with van der Waals surface area (Å²) in [5.74, 6) is 0. The Bertz CT molecular complexity index is 133. The Kier molecular flexibility index (Phi) is 3.07. The molecule has 0 heterocycles. The molecule has 0 N–H and O–H groups in total. The number of alkyl halides is 3. The van der Waals surface area contributed by atoms with Crippen LogP contribution in [0.4, 0.5) is 13.2 Å². The second kappa shape index (κ2) is 3.35. The number of rotatable bonds is 2. The Balaban J connectivity index is 3.48. The maximum Gasteiger partial charge on any atom is 0.390 e. The van der Waals surface area contributed by atoms with Gasteiger partial charge in [-0.3, -0.25) is 0 Å². The summed E-state index contributed by atoms with van der Waals surface area (Å²) in [6.45, 7) is -0.139. The molecule has 0 fully saturated rings. The van der Waals surface area contributed by atoms with Gasteiger partial charge in [0.05, 0.1) is 6.42 Å². The van der Waals surface area contributed by atoms with Gasteiger partial charge in [0.1, 0.15) is 0 Å². The molecular weight excluding hydrogens is 143 g/mol. The molecule has 0 radical (unpaired) electrons. The lowest BCUT2D eigenvalue weighted by atomic mass is 10.4. The summed E-state index contributed by atoms with van der Waals surface area (Å²) in [6, 6.07) is 2.07. The molecule has 0 aliphatic carbocycles. The van der Waals surface area contributed by atoms with Crippen LogP contribution in [-0.2, 0) is 0 Å². The van der Waals surface area contributed by atoms with Crippen molar-refractivity contribution in [1.29, 1.82) is 0 Å². The van der Waals surface area contributed by atoms with Crippen LogP contribution in [0.1, 0.15) is 6.42 Å². The predicted molar refractivity (Wildman–Crippen MR) is 32.1 cm³/mol. The molecule has 0 aliphatic heterocycles. The highest BCUT2D eigenvalue weighted by atomic mass is 19.4. The number of terminal acetylenes is 1. The van der Waals surface area contributed by atoms with Crippen molar-refractivity contribution in [2.45, 2.75) is 12.6 Å². The standard InChI is InChI=1S/C6H8F3N/c1-3-10(2)5-4-6(7,8)9/h1H,4-5H2,2H3. The van der Waals surface area contributed by atoms with E-state index < -0.39 is 12.6 Å². The molecule has 0 aliphatic rings. The van der Waals surface area contributed by atoms with Crippen LogP contribution in [0.3, 0.4) is 0 Å². The minimum absolute atomic E-state index is 0.139. The molecule has 0 amide bonds. The molecule has 0 bridgehead atoms. The highest BCUT2D eigenvalue weighted by molar-refractivity contribution is 4.82. The number of hydrogen-bond donors (Lipinski definition) is 0. The molecule has 1 nitrogen and oxygen atoms in total. The smallest absolute Gasteiger partial charge is 0.336 e. The first kappa shape index (κ1) is 9.15. The van der Waals surface area contributed by atoms with Crippen LogP contribution in [0.15, 0.2) is 0 Å². The largest absolute Gasteiger partial charge is 0.390 e. The molecule has 0 atom stereocenters. The first-order valence-corrected chi connectivity index (χ1v) is 2.70. The number of hydrogen-bond acceptors (Lipinski definition) is 1. The van der Waals surface area contributed by atoms with Crippen LogP contribution in [0, 0.1) is 12.5 Å². The Morgan fingerprint density at radius 2 is 2.00 bits per heavy atom. The Labute approximate surface area is 57.8 Å². The number of nitrogens with zero attached hydrogens (tertiary/aromatic N) is 1. The molecule has 4 heteroatoms. The van der Waals surface area contributed by atoms with Gasteiger partial charge in [-0.1, -0.05) is 6.42 Å². The highest BCUT2D eigenvalue weighted by Gasteiger charge is 2.26.